The second-order valence-electron chi connectivity index (χ2n) is 6.02. The molecule has 0 bridgehead atoms. The minimum Gasteiger partial charge on any atom is -0.493 e. The molecule has 0 fully saturated rings. The van der Waals surface area contributed by atoms with Gasteiger partial charge in [-0.3, -0.25) is 0 Å². The highest BCUT2D eigenvalue weighted by Crippen LogP contribution is 2.19. The van der Waals surface area contributed by atoms with Crippen LogP contribution in [0.1, 0.15) is 19.4 Å². The number of carbonyl (C=O) groups excluding carboxylic acids is 1. The number of hydrogen-bond acceptors (Lipinski definition) is 7. The van der Waals surface area contributed by atoms with Crippen molar-refractivity contribution in [3.63, 3.8) is 0 Å². The summed E-state index contributed by atoms with van der Waals surface area (Å²) in [6.45, 7) is 4.33. The molecule has 0 aliphatic rings. The van der Waals surface area contributed by atoms with E-state index in [9.17, 15) is 13.2 Å². The van der Waals surface area contributed by atoms with Crippen molar-refractivity contribution >= 4 is 16.1 Å². The summed E-state index contributed by atoms with van der Waals surface area (Å²) < 4.78 is 43.1. The lowest BCUT2D eigenvalue weighted by Gasteiger charge is -2.11. The number of carbonyl (C=O) groups is 1. The Morgan fingerprint density at radius 2 is 1.54 bits per heavy atom. The third kappa shape index (κ3) is 7.58. The van der Waals surface area contributed by atoms with Gasteiger partial charge in [0, 0.05) is 13.0 Å². The summed E-state index contributed by atoms with van der Waals surface area (Å²) in [4.78, 5) is 11.8. The van der Waals surface area contributed by atoms with Gasteiger partial charge in [0.05, 0.1) is 12.9 Å². The fourth-order valence-electron chi connectivity index (χ4n) is 2.29. The monoisotopic (exact) mass is 408 g/mol. The minimum absolute atomic E-state index is 0.274. The predicted molar refractivity (Wildman–Crippen MR) is 104 cm³/mol. The Kier molecular flexibility index (Phi) is 7.83. The van der Waals surface area contributed by atoms with Crippen LogP contribution in [0.25, 0.3) is 0 Å². The number of rotatable bonds is 10. The molecule has 0 N–H and O–H groups in total. The highest BCUT2D eigenvalue weighted by molar-refractivity contribution is 7.86. The van der Waals surface area contributed by atoms with Crippen LogP contribution >= 0.6 is 0 Å². The summed E-state index contributed by atoms with van der Waals surface area (Å²) in [5, 5.41) is 0. The molecule has 0 spiro atoms. The van der Waals surface area contributed by atoms with Crippen LogP contribution in [0.2, 0.25) is 0 Å². The Labute approximate surface area is 165 Å². The summed E-state index contributed by atoms with van der Waals surface area (Å²) in [7, 11) is -3.53. The summed E-state index contributed by atoms with van der Waals surface area (Å²) in [6.07, 6.45) is 1.03. The van der Waals surface area contributed by atoms with Crippen LogP contribution in [0.3, 0.4) is 0 Å². The molecule has 2 aromatic carbocycles. The third-order valence-corrected chi connectivity index (χ3v) is 4.12. The van der Waals surface area contributed by atoms with Crippen molar-refractivity contribution in [1.82, 2.24) is 0 Å². The van der Waals surface area contributed by atoms with E-state index >= 15 is 0 Å². The standard InChI is InChI=1S/C20H24O7S/c1-4-24-15(2)20(21)26-18-11-9-17(10-12-18)25-14-13-16-5-7-19(8-6-16)27-28(3,22)23/h5-12,15H,4,13-14H2,1-3H3. The molecule has 0 aliphatic carbocycles. The Balaban J connectivity index is 1.79. The van der Waals surface area contributed by atoms with Gasteiger partial charge in [0.2, 0.25) is 0 Å². The van der Waals surface area contributed by atoms with Gasteiger partial charge in [0.25, 0.3) is 0 Å². The van der Waals surface area contributed by atoms with Gasteiger partial charge in [-0.1, -0.05) is 12.1 Å². The molecule has 0 heterocycles. The molecular formula is C20H24O7S. The topological polar surface area (TPSA) is 88.1 Å². The van der Waals surface area contributed by atoms with E-state index in [4.69, 9.17) is 18.4 Å². The largest absolute Gasteiger partial charge is 0.493 e. The van der Waals surface area contributed by atoms with Gasteiger partial charge in [-0.15, -0.1) is 0 Å². The molecule has 152 valence electrons. The lowest BCUT2D eigenvalue weighted by atomic mass is 10.1. The van der Waals surface area contributed by atoms with E-state index in [0.717, 1.165) is 11.8 Å². The molecule has 28 heavy (non-hydrogen) atoms. The molecule has 1 atom stereocenters. The van der Waals surface area contributed by atoms with Gasteiger partial charge in [0.15, 0.2) is 6.10 Å². The number of ether oxygens (including phenoxy) is 3. The normalized spacial score (nSPS) is 12.2. The number of hydrogen-bond donors (Lipinski definition) is 0. The van der Waals surface area contributed by atoms with Crippen LogP contribution in [0, 0.1) is 0 Å². The van der Waals surface area contributed by atoms with Gasteiger partial charge in [0.1, 0.15) is 17.2 Å². The molecule has 8 heteroatoms. The van der Waals surface area contributed by atoms with Crippen LogP contribution in [0.15, 0.2) is 48.5 Å². The van der Waals surface area contributed by atoms with Gasteiger partial charge in [-0.25, -0.2) is 4.79 Å². The molecule has 0 aromatic heterocycles. The van der Waals surface area contributed by atoms with Crippen LogP contribution in [-0.2, 0) is 26.1 Å². The molecule has 1 unspecified atom stereocenters. The lowest BCUT2D eigenvalue weighted by Crippen LogP contribution is -2.25. The van der Waals surface area contributed by atoms with Gasteiger partial charge in [-0.05, 0) is 55.8 Å². The first-order chi connectivity index (χ1) is 13.3. The molecule has 0 radical (unpaired) electrons. The highest BCUT2D eigenvalue weighted by Gasteiger charge is 2.15. The SMILES string of the molecule is CCOC(C)C(=O)Oc1ccc(OCCc2ccc(OS(C)(=O)=O)cc2)cc1. The van der Waals surface area contributed by atoms with E-state index in [-0.39, 0.29) is 5.75 Å². The second kappa shape index (κ2) is 10.1. The summed E-state index contributed by atoms with van der Waals surface area (Å²) in [5.74, 6) is 0.898. The van der Waals surface area contributed by atoms with Crippen LogP contribution < -0.4 is 13.7 Å². The Hall–Kier alpha value is -2.58. The third-order valence-electron chi connectivity index (χ3n) is 3.62. The number of benzene rings is 2. The van der Waals surface area contributed by atoms with Crippen molar-refractivity contribution < 1.29 is 31.6 Å². The Morgan fingerprint density at radius 3 is 2.11 bits per heavy atom. The summed E-state index contributed by atoms with van der Waals surface area (Å²) >= 11 is 0. The fourth-order valence-corrected chi connectivity index (χ4v) is 2.75. The first kappa shape index (κ1) is 21.7. The van der Waals surface area contributed by atoms with Crippen LogP contribution in [-0.4, -0.2) is 40.0 Å². The molecule has 2 rings (SSSR count). The van der Waals surface area contributed by atoms with Crippen molar-refractivity contribution in [1.29, 1.82) is 0 Å². The first-order valence-corrected chi connectivity index (χ1v) is 10.6. The minimum atomic E-state index is -3.53. The van der Waals surface area contributed by atoms with E-state index in [1.165, 1.54) is 0 Å². The van der Waals surface area contributed by atoms with Gasteiger partial charge >= 0.3 is 16.1 Å². The van der Waals surface area contributed by atoms with E-state index in [0.29, 0.717) is 31.1 Å². The Morgan fingerprint density at radius 1 is 0.964 bits per heavy atom. The van der Waals surface area contributed by atoms with E-state index < -0.39 is 22.2 Å². The lowest BCUT2D eigenvalue weighted by molar-refractivity contribution is -0.145. The van der Waals surface area contributed by atoms with Crippen LogP contribution in [0.5, 0.6) is 17.2 Å². The zero-order valence-electron chi connectivity index (χ0n) is 16.1. The van der Waals surface area contributed by atoms with Gasteiger partial charge < -0.3 is 18.4 Å². The fraction of sp³-hybridized carbons (Fsp3) is 0.350. The maximum Gasteiger partial charge on any atom is 0.340 e. The summed E-state index contributed by atoms with van der Waals surface area (Å²) in [5.41, 5.74) is 0.983. The second-order valence-corrected chi connectivity index (χ2v) is 7.59. The molecule has 0 aliphatic heterocycles. The molecule has 0 saturated carbocycles. The maximum absolute atomic E-state index is 11.8. The maximum atomic E-state index is 11.8. The zero-order valence-corrected chi connectivity index (χ0v) is 16.9. The van der Waals surface area contributed by atoms with Gasteiger partial charge in [-0.2, -0.15) is 8.42 Å². The predicted octanol–water partition coefficient (Wildman–Crippen LogP) is 2.98. The average molecular weight is 408 g/mol. The quantitative estimate of drug-likeness (QED) is 0.339. The first-order valence-electron chi connectivity index (χ1n) is 8.81. The smallest absolute Gasteiger partial charge is 0.340 e. The van der Waals surface area contributed by atoms with Crippen molar-refractivity contribution in [3.05, 3.63) is 54.1 Å². The molecule has 0 amide bonds. The Bertz CT molecular complexity index is 858. The molecule has 0 saturated heterocycles. The molecule has 7 nitrogen and oxygen atoms in total. The molecule has 2 aromatic rings. The van der Waals surface area contributed by atoms with E-state index in [1.807, 2.05) is 6.92 Å². The zero-order chi connectivity index (χ0) is 20.6. The van der Waals surface area contributed by atoms with E-state index in [2.05, 4.69) is 0 Å². The average Bonchev–Trinajstić information content (AvgIpc) is 2.63. The highest BCUT2D eigenvalue weighted by atomic mass is 32.2. The summed E-state index contributed by atoms with van der Waals surface area (Å²) in [6, 6.07) is 13.5. The van der Waals surface area contributed by atoms with E-state index in [1.54, 1.807) is 55.5 Å². The van der Waals surface area contributed by atoms with Crippen molar-refractivity contribution in [2.45, 2.75) is 26.4 Å². The number of esters is 1. The molecular weight excluding hydrogens is 384 g/mol. The van der Waals surface area contributed by atoms with Crippen molar-refractivity contribution in [2.24, 2.45) is 0 Å². The van der Waals surface area contributed by atoms with Crippen LogP contribution in [0.4, 0.5) is 0 Å². The van der Waals surface area contributed by atoms with Crippen molar-refractivity contribution in [2.75, 3.05) is 19.5 Å². The van der Waals surface area contributed by atoms with Crippen molar-refractivity contribution in [3.8, 4) is 17.2 Å².